The largest absolute Gasteiger partial charge is 0.494 e. The van der Waals surface area contributed by atoms with Crippen LogP contribution in [-0.2, 0) is 20.7 Å². The van der Waals surface area contributed by atoms with Gasteiger partial charge in [0.15, 0.2) is 6.10 Å². The van der Waals surface area contributed by atoms with E-state index in [1.807, 2.05) is 26.0 Å². The molecule has 7 nitrogen and oxygen atoms in total. The first-order valence-electron chi connectivity index (χ1n) is 9.53. The highest BCUT2D eigenvalue weighted by molar-refractivity contribution is 5.97. The zero-order valence-corrected chi connectivity index (χ0v) is 16.9. The molecule has 0 aromatic heterocycles. The molecule has 2 aromatic rings. The van der Waals surface area contributed by atoms with Crippen LogP contribution in [0.2, 0.25) is 0 Å². The number of anilines is 1. The molecule has 2 N–H and O–H groups in total. The van der Waals surface area contributed by atoms with Gasteiger partial charge in [-0.2, -0.15) is 0 Å². The molecule has 0 bridgehead atoms. The molecule has 0 radical (unpaired) electrons. The van der Waals surface area contributed by atoms with E-state index in [1.54, 1.807) is 36.4 Å². The van der Waals surface area contributed by atoms with Gasteiger partial charge in [0.05, 0.1) is 6.61 Å². The normalized spacial score (nSPS) is 11.3. The van der Waals surface area contributed by atoms with Crippen LogP contribution >= 0.6 is 0 Å². The summed E-state index contributed by atoms with van der Waals surface area (Å²) in [6.45, 7) is 5.59. The Hall–Kier alpha value is -3.35. The summed E-state index contributed by atoms with van der Waals surface area (Å²) in [6.07, 6.45) is -0.0827. The van der Waals surface area contributed by atoms with Gasteiger partial charge in [-0.25, -0.2) is 0 Å². The van der Waals surface area contributed by atoms with Gasteiger partial charge in [-0.15, -0.1) is 0 Å². The second-order valence-electron chi connectivity index (χ2n) is 6.31. The summed E-state index contributed by atoms with van der Waals surface area (Å²) in [5.74, 6) is -0.903. The van der Waals surface area contributed by atoms with E-state index in [-0.39, 0.29) is 6.54 Å². The predicted molar refractivity (Wildman–Crippen MR) is 110 cm³/mol. The van der Waals surface area contributed by atoms with E-state index in [9.17, 15) is 14.4 Å². The monoisotopic (exact) mass is 398 g/mol. The molecule has 29 heavy (non-hydrogen) atoms. The molecular weight excluding hydrogens is 372 g/mol. The minimum absolute atomic E-state index is 0.338. The molecule has 0 fully saturated rings. The maximum absolute atomic E-state index is 12.2. The number of hydrogen-bond acceptors (Lipinski definition) is 5. The topological polar surface area (TPSA) is 93.7 Å². The lowest BCUT2D eigenvalue weighted by atomic mass is 10.1. The molecule has 2 aromatic carbocycles. The van der Waals surface area contributed by atoms with Crippen molar-refractivity contribution in [2.75, 3.05) is 18.5 Å². The summed E-state index contributed by atoms with van der Waals surface area (Å²) in [7, 11) is 0. The van der Waals surface area contributed by atoms with Gasteiger partial charge in [0.25, 0.3) is 11.8 Å². The molecule has 0 saturated carbocycles. The third-order valence-corrected chi connectivity index (χ3v) is 4.13. The lowest BCUT2D eigenvalue weighted by Gasteiger charge is -2.14. The number of hydrogen-bond donors (Lipinski definition) is 2. The van der Waals surface area contributed by atoms with Crippen molar-refractivity contribution in [3.05, 3.63) is 59.7 Å². The quantitative estimate of drug-likeness (QED) is 0.634. The third kappa shape index (κ3) is 6.95. The van der Waals surface area contributed by atoms with Crippen molar-refractivity contribution in [1.82, 2.24) is 5.32 Å². The Balaban J connectivity index is 1.78. The summed E-state index contributed by atoms with van der Waals surface area (Å²) >= 11 is 0. The molecule has 7 heteroatoms. The van der Waals surface area contributed by atoms with Crippen LogP contribution in [-0.4, -0.2) is 37.0 Å². The van der Waals surface area contributed by atoms with Crippen molar-refractivity contribution in [3.8, 4) is 5.75 Å². The van der Waals surface area contributed by atoms with Gasteiger partial charge in [-0.1, -0.05) is 19.1 Å². The molecule has 1 unspecified atom stereocenters. The number of ether oxygens (including phenoxy) is 2. The Morgan fingerprint density at radius 2 is 1.62 bits per heavy atom. The molecular formula is C22H26N2O5. The maximum atomic E-state index is 12.2. The van der Waals surface area contributed by atoms with Crippen molar-refractivity contribution in [1.29, 1.82) is 0 Å². The number of carbonyl (C=O) groups excluding carboxylic acids is 3. The van der Waals surface area contributed by atoms with Crippen molar-refractivity contribution in [2.24, 2.45) is 0 Å². The highest BCUT2D eigenvalue weighted by Crippen LogP contribution is 2.12. The third-order valence-electron chi connectivity index (χ3n) is 4.13. The number of esters is 1. The van der Waals surface area contributed by atoms with Crippen LogP contribution < -0.4 is 15.4 Å². The van der Waals surface area contributed by atoms with E-state index in [4.69, 9.17) is 9.47 Å². The van der Waals surface area contributed by atoms with Crippen LogP contribution in [0, 0.1) is 0 Å². The van der Waals surface area contributed by atoms with Crippen molar-refractivity contribution in [2.45, 2.75) is 33.3 Å². The first-order chi connectivity index (χ1) is 13.9. The van der Waals surface area contributed by atoms with Gasteiger partial charge in [-0.05, 0) is 62.2 Å². The first-order valence-corrected chi connectivity index (χ1v) is 9.53. The van der Waals surface area contributed by atoms with Crippen molar-refractivity contribution >= 4 is 23.5 Å². The zero-order valence-electron chi connectivity index (χ0n) is 16.9. The average Bonchev–Trinajstić information content (AvgIpc) is 2.73. The van der Waals surface area contributed by atoms with Crippen molar-refractivity contribution in [3.63, 3.8) is 0 Å². The van der Waals surface area contributed by atoms with E-state index >= 15 is 0 Å². The molecule has 0 aliphatic carbocycles. The Bertz CT molecular complexity index is 831. The Morgan fingerprint density at radius 1 is 0.966 bits per heavy atom. The van der Waals surface area contributed by atoms with E-state index in [1.165, 1.54) is 6.92 Å². The summed E-state index contributed by atoms with van der Waals surface area (Å²) in [4.78, 5) is 36.2. The molecule has 0 heterocycles. The Morgan fingerprint density at radius 3 is 2.21 bits per heavy atom. The molecule has 2 amide bonds. The number of amides is 2. The number of aryl methyl sites for hydroxylation is 1. The number of nitrogens with one attached hydrogen (secondary N) is 2. The Kier molecular flexibility index (Phi) is 8.21. The fourth-order valence-electron chi connectivity index (χ4n) is 2.48. The van der Waals surface area contributed by atoms with E-state index in [0.717, 1.165) is 12.0 Å². The minimum atomic E-state index is -0.990. The van der Waals surface area contributed by atoms with Crippen LogP contribution in [0.25, 0.3) is 0 Å². The molecule has 2 rings (SSSR count). The highest BCUT2D eigenvalue weighted by Gasteiger charge is 2.18. The molecule has 0 spiro atoms. The highest BCUT2D eigenvalue weighted by atomic mass is 16.5. The fraction of sp³-hybridized carbons (Fsp3) is 0.318. The van der Waals surface area contributed by atoms with Crippen LogP contribution in [0.4, 0.5) is 5.69 Å². The second kappa shape index (κ2) is 10.8. The zero-order chi connectivity index (χ0) is 21.2. The fourth-order valence-corrected chi connectivity index (χ4v) is 2.48. The number of rotatable bonds is 9. The lowest BCUT2D eigenvalue weighted by molar-refractivity contribution is -0.152. The molecule has 0 aliphatic rings. The van der Waals surface area contributed by atoms with Gasteiger partial charge < -0.3 is 20.1 Å². The predicted octanol–water partition coefficient (Wildman–Crippen LogP) is 2.95. The summed E-state index contributed by atoms with van der Waals surface area (Å²) in [6, 6.07) is 14.0. The first kappa shape index (κ1) is 21.9. The Labute approximate surface area is 170 Å². The summed E-state index contributed by atoms with van der Waals surface area (Å²) in [5.41, 5.74) is 2.17. The summed E-state index contributed by atoms with van der Waals surface area (Å²) < 4.78 is 10.4. The smallest absolute Gasteiger partial charge is 0.326 e. The number of benzene rings is 2. The minimum Gasteiger partial charge on any atom is -0.494 e. The van der Waals surface area contributed by atoms with Gasteiger partial charge in [0.2, 0.25) is 0 Å². The van der Waals surface area contributed by atoms with Gasteiger partial charge in [-0.3, -0.25) is 14.4 Å². The van der Waals surface area contributed by atoms with E-state index in [2.05, 4.69) is 10.6 Å². The standard InChI is InChI=1S/C22H26N2O5/c1-4-16-6-10-18(11-7-16)24-21(26)15(3)29-20(25)14-23-22(27)17-8-12-19(13-9-17)28-5-2/h6-13,15H,4-5,14H2,1-3H3,(H,23,27)(H,24,26). The molecule has 154 valence electrons. The van der Waals surface area contributed by atoms with Crippen LogP contribution in [0.15, 0.2) is 48.5 Å². The molecule has 0 saturated heterocycles. The van der Waals surface area contributed by atoms with E-state index < -0.39 is 23.9 Å². The van der Waals surface area contributed by atoms with Crippen LogP contribution in [0.5, 0.6) is 5.75 Å². The van der Waals surface area contributed by atoms with Crippen LogP contribution in [0.1, 0.15) is 36.7 Å². The SMILES string of the molecule is CCOc1ccc(C(=O)NCC(=O)OC(C)C(=O)Nc2ccc(CC)cc2)cc1. The van der Waals surface area contributed by atoms with Gasteiger partial charge >= 0.3 is 5.97 Å². The molecule has 0 aliphatic heterocycles. The average molecular weight is 398 g/mol. The number of carbonyl (C=O) groups is 3. The van der Waals surface area contributed by atoms with Crippen molar-refractivity contribution < 1.29 is 23.9 Å². The summed E-state index contributed by atoms with van der Waals surface area (Å²) in [5, 5.41) is 5.16. The lowest BCUT2D eigenvalue weighted by Crippen LogP contribution is -2.35. The van der Waals surface area contributed by atoms with Gasteiger partial charge in [0.1, 0.15) is 12.3 Å². The second-order valence-corrected chi connectivity index (χ2v) is 6.31. The van der Waals surface area contributed by atoms with E-state index in [0.29, 0.717) is 23.6 Å². The van der Waals surface area contributed by atoms with Crippen LogP contribution in [0.3, 0.4) is 0 Å². The van der Waals surface area contributed by atoms with Gasteiger partial charge in [0, 0.05) is 11.3 Å². The molecule has 1 atom stereocenters. The maximum Gasteiger partial charge on any atom is 0.326 e.